The number of piperidine rings is 1. The Morgan fingerprint density at radius 3 is 3.00 bits per heavy atom. The zero-order valence-corrected chi connectivity index (χ0v) is 11.5. The van der Waals surface area contributed by atoms with Crippen molar-refractivity contribution in [1.82, 2.24) is 5.32 Å². The van der Waals surface area contributed by atoms with E-state index >= 15 is 0 Å². The number of ether oxygens (including phenoxy) is 1. The molecule has 0 amide bonds. The Bertz CT molecular complexity index is 345. The van der Waals surface area contributed by atoms with Gasteiger partial charge >= 0.3 is 0 Å². The highest BCUT2D eigenvalue weighted by Gasteiger charge is 2.12. The van der Waals surface area contributed by atoms with Crippen LogP contribution in [-0.2, 0) is 4.74 Å². The van der Waals surface area contributed by atoms with Gasteiger partial charge in [-0.25, -0.2) is 0 Å². The Morgan fingerprint density at radius 2 is 2.28 bits per heavy atom. The lowest BCUT2D eigenvalue weighted by molar-refractivity contribution is 0.0748. The van der Waals surface area contributed by atoms with Gasteiger partial charge in [-0.2, -0.15) is 0 Å². The van der Waals surface area contributed by atoms with Crippen LogP contribution in [0.4, 0.5) is 0 Å². The molecule has 100 valence electrons. The van der Waals surface area contributed by atoms with Crippen LogP contribution in [0.5, 0.6) is 0 Å². The Morgan fingerprint density at radius 1 is 1.44 bits per heavy atom. The maximum atomic E-state index is 11.6. The zero-order valence-electron chi connectivity index (χ0n) is 10.7. The molecule has 1 aliphatic rings. The van der Waals surface area contributed by atoms with Gasteiger partial charge in [-0.1, -0.05) is 6.07 Å². The summed E-state index contributed by atoms with van der Waals surface area (Å²) in [7, 11) is 0. The van der Waals surface area contributed by atoms with E-state index in [1.165, 1.54) is 30.6 Å². The zero-order chi connectivity index (χ0) is 12.6. The molecule has 0 aliphatic carbocycles. The first-order valence-electron chi connectivity index (χ1n) is 6.71. The van der Waals surface area contributed by atoms with Crippen LogP contribution in [0.15, 0.2) is 17.5 Å². The van der Waals surface area contributed by atoms with Crippen LogP contribution in [0.2, 0.25) is 0 Å². The molecule has 0 bridgehead atoms. The highest BCUT2D eigenvalue weighted by atomic mass is 32.1. The molecule has 0 saturated carbocycles. The van der Waals surface area contributed by atoms with Crippen LogP contribution in [-0.4, -0.2) is 32.1 Å². The van der Waals surface area contributed by atoms with Crippen LogP contribution in [0.3, 0.4) is 0 Å². The Kier molecular flexibility index (Phi) is 5.84. The maximum absolute atomic E-state index is 11.6. The summed E-state index contributed by atoms with van der Waals surface area (Å²) in [4.78, 5) is 12.4. The molecular weight excluding hydrogens is 246 g/mol. The molecule has 4 heteroatoms. The van der Waals surface area contributed by atoms with Gasteiger partial charge in [0.1, 0.15) is 6.61 Å². The van der Waals surface area contributed by atoms with Crippen molar-refractivity contribution in [3.8, 4) is 0 Å². The molecule has 2 rings (SSSR count). The molecule has 0 spiro atoms. The first-order valence-corrected chi connectivity index (χ1v) is 7.59. The third-order valence-corrected chi connectivity index (χ3v) is 4.30. The number of ketones is 1. The van der Waals surface area contributed by atoms with Crippen molar-refractivity contribution in [2.24, 2.45) is 5.92 Å². The van der Waals surface area contributed by atoms with Gasteiger partial charge in [0.2, 0.25) is 0 Å². The average Bonchev–Trinajstić information content (AvgIpc) is 2.93. The van der Waals surface area contributed by atoms with Gasteiger partial charge < -0.3 is 10.1 Å². The third-order valence-electron chi connectivity index (χ3n) is 3.39. The van der Waals surface area contributed by atoms with E-state index in [0.717, 1.165) is 30.3 Å². The number of rotatable bonds is 7. The standard InChI is InChI=1S/C14H21NO2S/c16-13(14-4-2-10-18-14)11-17-9-1-3-12-5-7-15-8-6-12/h2,4,10,12,15H,1,3,5-9,11H2. The van der Waals surface area contributed by atoms with E-state index in [2.05, 4.69) is 5.32 Å². The predicted octanol–water partition coefficient (Wildman–Crippen LogP) is 2.73. The molecule has 0 radical (unpaired) electrons. The van der Waals surface area contributed by atoms with Crippen molar-refractivity contribution < 1.29 is 9.53 Å². The molecule has 3 nitrogen and oxygen atoms in total. The highest BCUT2D eigenvalue weighted by Crippen LogP contribution is 2.17. The number of hydrogen-bond acceptors (Lipinski definition) is 4. The van der Waals surface area contributed by atoms with E-state index in [1.807, 2.05) is 17.5 Å². The molecular formula is C14H21NO2S. The van der Waals surface area contributed by atoms with E-state index in [9.17, 15) is 4.79 Å². The lowest BCUT2D eigenvalue weighted by atomic mass is 9.93. The van der Waals surface area contributed by atoms with Crippen LogP contribution < -0.4 is 5.32 Å². The molecule has 1 saturated heterocycles. The molecule has 1 fully saturated rings. The third kappa shape index (κ3) is 4.52. The maximum Gasteiger partial charge on any atom is 0.198 e. The van der Waals surface area contributed by atoms with Crippen molar-refractivity contribution in [2.45, 2.75) is 25.7 Å². The number of nitrogens with one attached hydrogen (secondary N) is 1. The molecule has 0 unspecified atom stereocenters. The number of Topliss-reactive ketones (excluding diaryl/α,β-unsaturated/α-hetero) is 1. The van der Waals surface area contributed by atoms with Gasteiger partial charge in [0.25, 0.3) is 0 Å². The normalized spacial score (nSPS) is 16.9. The monoisotopic (exact) mass is 267 g/mol. The van der Waals surface area contributed by atoms with E-state index in [-0.39, 0.29) is 12.4 Å². The van der Waals surface area contributed by atoms with E-state index in [1.54, 1.807) is 0 Å². The number of hydrogen-bond donors (Lipinski definition) is 1. The fraction of sp³-hybridized carbons (Fsp3) is 0.643. The molecule has 0 atom stereocenters. The van der Waals surface area contributed by atoms with Gasteiger partial charge in [0.05, 0.1) is 4.88 Å². The van der Waals surface area contributed by atoms with Crippen LogP contribution >= 0.6 is 11.3 Å². The topological polar surface area (TPSA) is 38.3 Å². The Hall–Kier alpha value is -0.710. The largest absolute Gasteiger partial charge is 0.373 e. The molecule has 1 aromatic heterocycles. The second-order valence-corrected chi connectivity index (χ2v) is 5.74. The van der Waals surface area contributed by atoms with Crippen molar-refractivity contribution in [3.63, 3.8) is 0 Å². The summed E-state index contributed by atoms with van der Waals surface area (Å²) >= 11 is 1.48. The molecule has 0 aromatic carbocycles. The number of thiophene rings is 1. The van der Waals surface area contributed by atoms with Gasteiger partial charge in [0, 0.05) is 6.61 Å². The van der Waals surface area contributed by atoms with Gasteiger partial charge in [0.15, 0.2) is 5.78 Å². The summed E-state index contributed by atoms with van der Waals surface area (Å²) in [5.41, 5.74) is 0. The predicted molar refractivity (Wildman–Crippen MR) is 74.3 cm³/mol. The molecule has 1 aliphatic heterocycles. The summed E-state index contributed by atoms with van der Waals surface area (Å²) in [6.07, 6.45) is 4.87. The molecule has 18 heavy (non-hydrogen) atoms. The van der Waals surface area contributed by atoms with Crippen molar-refractivity contribution in [2.75, 3.05) is 26.3 Å². The summed E-state index contributed by atoms with van der Waals surface area (Å²) in [5, 5.41) is 5.29. The summed E-state index contributed by atoms with van der Waals surface area (Å²) in [5.74, 6) is 0.953. The number of carbonyl (C=O) groups is 1. The second-order valence-electron chi connectivity index (χ2n) is 4.79. The van der Waals surface area contributed by atoms with E-state index < -0.39 is 0 Å². The minimum atomic E-state index is 0.104. The minimum absolute atomic E-state index is 0.104. The van der Waals surface area contributed by atoms with Crippen LogP contribution in [0.1, 0.15) is 35.4 Å². The van der Waals surface area contributed by atoms with E-state index in [0.29, 0.717) is 6.61 Å². The Balaban J connectivity index is 1.52. The number of carbonyl (C=O) groups excluding carboxylic acids is 1. The second kappa shape index (κ2) is 7.67. The first kappa shape index (κ1) is 13.7. The van der Waals surface area contributed by atoms with E-state index in [4.69, 9.17) is 4.74 Å². The van der Waals surface area contributed by atoms with Gasteiger partial charge in [-0.3, -0.25) is 4.79 Å². The summed E-state index contributed by atoms with van der Waals surface area (Å²) in [6, 6.07) is 3.75. The smallest absolute Gasteiger partial charge is 0.198 e. The quantitative estimate of drug-likeness (QED) is 0.610. The van der Waals surface area contributed by atoms with Crippen molar-refractivity contribution in [3.05, 3.63) is 22.4 Å². The molecule has 1 aromatic rings. The SMILES string of the molecule is O=C(COCCCC1CCNCC1)c1cccs1. The summed E-state index contributed by atoms with van der Waals surface area (Å²) < 4.78 is 5.45. The van der Waals surface area contributed by atoms with Crippen LogP contribution in [0, 0.1) is 5.92 Å². The molecule has 2 heterocycles. The van der Waals surface area contributed by atoms with Crippen molar-refractivity contribution in [1.29, 1.82) is 0 Å². The van der Waals surface area contributed by atoms with Crippen LogP contribution in [0.25, 0.3) is 0 Å². The lowest BCUT2D eigenvalue weighted by Crippen LogP contribution is -2.27. The fourth-order valence-electron chi connectivity index (χ4n) is 2.32. The highest BCUT2D eigenvalue weighted by molar-refractivity contribution is 7.12. The summed E-state index contributed by atoms with van der Waals surface area (Å²) in [6.45, 7) is 3.25. The first-order chi connectivity index (χ1) is 8.86. The van der Waals surface area contributed by atoms with Gasteiger partial charge in [-0.05, 0) is 56.1 Å². The van der Waals surface area contributed by atoms with Crippen molar-refractivity contribution >= 4 is 17.1 Å². The minimum Gasteiger partial charge on any atom is -0.373 e. The molecule has 1 N–H and O–H groups in total. The van der Waals surface area contributed by atoms with Gasteiger partial charge in [-0.15, -0.1) is 11.3 Å². The fourth-order valence-corrected chi connectivity index (χ4v) is 2.97. The lowest BCUT2D eigenvalue weighted by Gasteiger charge is -2.22. The Labute approximate surface area is 113 Å². The average molecular weight is 267 g/mol.